The molecular weight excluding hydrogens is 392 g/mol. The zero-order chi connectivity index (χ0) is 22.1. The first-order valence-corrected chi connectivity index (χ1v) is 11.0. The molecule has 2 amide bonds. The monoisotopic (exact) mass is 424 g/mol. The van der Waals surface area contributed by atoms with E-state index in [4.69, 9.17) is 9.47 Å². The molecule has 2 aromatic carbocycles. The van der Waals surface area contributed by atoms with Crippen molar-refractivity contribution in [2.45, 2.75) is 32.6 Å². The molecule has 3 rings (SSSR count). The number of carbonyl (C=O) groups excluding carboxylic acids is 2. The summed E-state index contributed by atoms with van der Waals surface area (Å²) in [5.41, 5.74) is 1.80. The Morgan fingerprint density at radius 1 is 1.03 bits per heavy atom. The van der Waals surface area contributed by atoms with Gasteiger partial charge in [0.15, 0.2) is 11.5 Å². The molecule has 0 aromatic heterocycles. The molecule has 1 aliphatic rings. The Morgan fingerprint density at radius 2 is 1.71 bits per heavy atom. The second-order valence-electron chi connectivity index (χ2n) is 7.94. The predicted octanol–water partition coefficient (Wildman–Crippen LogP) is 3.83. The number of benzene rings is 2. The second-order valence-corrected chi connectivity index (χ2v) is 7.94. The Labute approximate surface area is 184 Å². The van der Waals surface area contributed by atoms with Crippen LogP contribution in [-0.2, 0) is 4.79 Å². The van der Waals surface area contributed by atoms with Gasteiger partial charge < -0.3 is 19.7 Å². The Balaban J connectivity index is 1.32. The van der Waals surface area contributed by atoms with E-state index in [0.717, 1.165) is 43.5 Å². The zero-order valence-electron chi connectivity index (χ0n) is 18.4. The lowest BCUT2D eigenvalue weighted by Gasteiger charge is -2.32. The number of amides is 2. The number of methoxy groups -OCH3 is 1. The summed E-state index contributed by atoms with van der Waals surface area (Å²) in [5, 5.41) is 2.92. The molecular formula is C25H32N2O4. The number of nitrogens with zero attached hydrogens (tertiary/aromatic N) is 1. The number of para-hydroxylation sites is 2. The molecule has 0 atom stereocenters. The highest BCUT2D eigenvalue weighted by atomic mass is 16.5. The summed E-state index contributed by atoms with van der Waals surface area (Å²) in [4.78, 5) is 26.8. The SMILES string of the molecule is COc1ccccc1OCCNC(=O)CCC1CCN(C(=O)c2ccccc2C)CC1. The first-order valence-electron chi connectivity index (χ1n) is 11.0. The van der Waals surface area contributed by atoms with Gasteiger partial charge in [-0.25, -0.2) is 0 Å². The Bertz CT molecular complexity index is 875. The molecule has 1 heterocycles. The number of likely N-dealkylation sites (tertiary alicyclic amines) is 1. The lowest BCUT2D eigenvalue weighted by Crippen LogP contribution is -2.39. The molecule has 1 fully saturated rings. The van der Waals surface area contributed by atoms with E-state index in [1.165, 1.54) is 0 Å². The molecule has 0 spiro atoms. The normalized spacial score (nSPS) is 14.2. The number of hydrogen-bond acceptors (Lipinski definition) is 4. The van der Waals surface area contributed by atoms with Gasteiger partial charge in [-0.1, -0.05) is 30.3 Å². The molecule has 0 bridgehead atoms. The Morgan fingerprint density at radius 3 is 2.42 bits per heavy atom. The number of ether oxygens (including phenoxy) is 2. The van der Waals surface area contributed by atoms with Crippen LogP contribution < -0.4 is 14.8 Å². The third kappa shape index (κ3) is 6.48. The fraction of sp³-hybridized carbons (Fsp3) is 0.440. The van der Waals surface area contributed by atoms with Crippen molar-refractivity contribution in [3.63, 3.8) is 0 Å². The molecule has 6 heteroatoms. The van der Waals surface area contributed by atoms with Gasteiger partial charge in [-0.05, 0) is 55.9 Å². The van der Waals surface area contributed by atoms with E-state index in [-0.39, 0.29) is 11.8 Å². The standard InChI is InChI=1S/C25H32N2O4/c1-19-7-3-4-8-21(19)25(29)27-16-13-20(14-17-27)11-12-24(28)26-15-18-31-23-10-6-5-9-22(23)30-2/h3-10,20H,11-18H2,1-2H3,(H,26,28). The molecule has 6 nitrogen and oxygen atoms in total. The van der Waals surface area contributed by atoms with Crippen LogP contribution in [0.4, 0.5) is 0 Å². The van der Waals surface area contributed by atoms with Gasteiger partial charge in [0.2, 0.25) is 5.91 Å². The van der Waals surface area contributed by atoms with E-state index >= 15 is 0 Å². The Hall–Kier alpha value is -3.02. The largest absolute Gasteiger partial charge is 0.493 e. The van der Waals surface area contributed by atoms with E-state index < -0.39 is 0 Å². The lowest BCUT2D eigenvalue weighted by molar-refractivity contribution is -0.121. The van der Waals surface area contributed by atoms with Crippen molar-refractivity contribution in [2.24, 2.45) is 5.92 Å². The summed E-state index contributed by atoms with van der Waals surface area (Å²) in [6.45, 7) is 4.34. The van der Waals surface area contributed by atoms with E-state index in [9.17, 15) is 9.59 Å². The van der Waals surface area contributed by atoms with Crippen LogP contribution >= 0.6 is 0 Å². The second kappa shape index (κ2) is 11.4. The minimum atomic E-state index is 0.0436. The van der Waals surface area contributed by atoms with Crippen molar-refractivity contribution in [1.29, 1.82) is 0 Å². The molecule has 0 saturated carbocycles. The highest BCUT2D eigenvalue weighted by Crippen LogP contribution is 2.26. The summed E-state index contributed by atoms with van der Waals surface area (Å²) in [5.74, 6) is 2.00. The average molecular weight is 425 g/mol. The third-order valence-corrected chi connectivity index (χ3v) is 5.81. The number of rotatable bonds is 9. The molecule has 1 N–H and O–H groups in total. The van der Waals surface area contributed by atoms with Gasteiger partial charge in [0.05, 0.1) is 13.7 Å². The lowest BCUT2D eigenvalue weighted by atomic mass is 9.91. The van der Waals surface area contributed by atoms with Gasteiger partial charge in [-0.3, -0.25) is 9.59 Å². The minimum absolute atomic E-state index is 0.0436. The topological polar surface area (TPSA) is 67.9 Å². The van der Waals surface area contributed by atoms with Crippen LogP contribution in [0.25, 0.3) is 0 Å². The molecule has 0 unspecified atom stereocenters. The fourth-order valence-corrected chi connectivity index (χ4v) is 3.92. The van der Waals surface area contributed by atoms with Crippen LogP contribution in [-0.4, -0.2) is 50.1 Å². The van der Waals surface area contributed by atoms with Crippen molar-refractivity contribution >= 4 is 11.8 Å². The van der Waals surface area contributed by atoms with Gasteiger partial charge in [-0.2, -0.15) is 0 Å². The molecule has 31 heavy (non-hydrogen) atoms. The van der Waals surface area contributed by atoms with Gasteiger partial charge in [-0.15, -0.1) is 0 Å². The molecule has 166 valence electrons. The van der Waals surface area contributed by atoms with Gasteiger partial charge in [0.1, 0.15) is 6.61 Å². The zero-order valence-corrected chi connectivity index (χ0v) is 18.4. The van der Waals surface area contributed by atoms with Crippen LogP contribution in [0.5, 0.6) is 11.5 Å². The molecule has 1 aliphatic heterocycles. The van der Waals surface area contributed by atoms with Crippen molar-refractivity contribution in [2.75, 3.05) is 33.4 Å². The highest BCUT2D eigenvalue weighted by molar-refractivity contribution is 5.95. The van der Waals surface area contributed by atoms with E-state index in [0.29, 0.717) is 37.0 Å². The van der Waals surface area contributed by atoms with Crippen LogP contribution in [0.15, 0.2) is 48.5 Å². The minimum Gasteiger partial charge on any atom is -0.493 e. The quantitative estimate of drug-likeness (QED) is 0.621. The van der Waals surface area contributed by atoms with E-state index in [2.05, 4.69) is 5.32 Å². The fourth-order valence-electron chi connectivity index (χ4n) is 3.92. The summed E-state index contributed by atoms with van der Waals surface area (Å²) in [7, 11) is 1.60. The first kappa shape index (κ1) is 22.7. The maximum absolute atomic E-state index is 12.7. The first-order chi connectivity index (χ1) is 15.1. The van der Waals surface area contributed by atoms with Gasteiger partial charge >= 0.3 is 0 Å². The van der Waals surface area contributed by atoms with Crippen LogP contribution in [0.1, 0.15) is 41.6 Å². The average Bonchev–Trinajstić information content (AvgIpc) is 2.81. The highest BCUT2D eigenvalue weighted by Gasteiger charge is 2.24. The van der Waals surface area contributed by atoms with Crippen molar-refractivity contribution in [3.8, 4) is 11.5 Å². The van der Waals surface area contributed by atoms with Crippen molar-refractivity contribution < 1.29 is 19.1 Å². The summed E-state index contributed by atoms with van der Waals surface area (Å²) >= 11 is 0. The maximum atomic E-state index is 12.7. The van der Waals surface area contributed by atoms with Crippen LogP contribution in [0, 0.1) is 12.8 Å². The van der Waals surface area contributed by atoms with Gasteiger partial charge in [0.25, 0.3) is 5.91 Å². The predicted molar refractivity (Wildman–Crippen MR) is 121 cm³/mol. The van der Waals surface area contributed by atoms with Crippen molar-refractivity contribution in [3.05, 3.63) is 59.7 Å². The van der Waals surface area contributed by atoms with Crippen molar-refractivity contribution in [1.82, 2.24) is 10.2 Å². The number of aryl methyl sites for hydroxylation is 1. The number of carbonyl (C=O) groups is 2. The molecule has 1 saturated heterocycles. The van der Waals surface area contributed by atoms with E-state index in [1.54, 1.807) is 7.11 Å². The van der Waals surface area contributed by atoms with Crippen LogP contribution in [0.2, 0.25) is 0 Å². The molecule has 2 aromatic rings. The van der Waals surface area contributed by atoms with E-state index in [1.807, 2.05) is 60.4 Å². The summed E-state index contributed by atoms with van der Waals surface area (Å²) < 4.78 is 10.9. The smallest absolute Gasteiger partial charge is 0.254 e. The molecule has 0 aliphatic carbocycles. The molecule has 0 radical (unpaired) electrons. The Kier molecular flexibility index (Phi) is 8.33. The maximum Gasteiger partial charge on any atom is 0.254 e. The van der Waals surface area contributed by atoms with Gasteiger partial charge in [0, 0.05) is 25.1 Å². The number of nitrogens with one attached hydrogen (secondary N) is 1. The summed E-state index contributed by atoms with van der Waals surface area (Å²) in [6, 6.07) is 15.2. The number of piperidine rings is 1. The van der Waals surface area contributed by atoms with Crippen LogP contribution in [0.3, 0.4) is 0 Å². The third-order valence-electron chi connectivity index (χ3n) is 5.81. The summed E-state index contributed by atoms with van der Waals surface area (Å²) in [6.07, 6.45) is 3.25. The number of hydrogen-bond donors (Lipinski definition) is 1.